The lowest BCUT2D eigenvalue weighted by Crippen LogP contribution is -2.39. The maximum Gasteiger partial charge on any atom is 0.220 e. The molecular weight excluding hydrogens is 252 g/mol. The van der Waals surface area contributed by atoms with Crippen LogP contribution in [0.5, 0.6) is 0 Å². The normalized spacial score (nSPS) is 14.3. The number of benzene rings is 1. The third-order valence-corrected chi connectivity index (χ3v) is 2.73. The highest BCUT2D eigenvalue weighted by molar-refractivity contribution is 5.76. The molecule has 0 saturated heterocycles. The van der Waals surface area contributed by atoms with E-state index in [1.54, 1.807) is 0 Å². The van der Waals surface area contributed by atoms with Crippen LogP contribution >= 0.6 is 0 Å². The van der Waals surface area contributed by atoms with Crippen LogP contribution in [0.15, 0.2) is 18.2 Å². The standard InChI is InChI=1S/C14H19F2NO2/c1-9(2)6-13(18)17-8-14(3,19)11-5-4-10(15)7-12(11)16/h4-5,7,9,19H,6,8H2,1-3H3,(H,17,18). The van der Waals surface area contributed by atoms with E-state index >= 15 is 0 Å². The molecule has 106 valence electrons. The van der Waals surface area contributed by atoms with Crippen LogP contribution in [0.3, 0.4) is 0 Å². The highest BCUT2D eigenvalue weighted by atomic mass is 19.1. The van der Waals surface area contributed by atoms with Gasteiger partial charge >= 0.3 is 0 Å². The fourth-order valence-electron chi connectivity index (χ4n) is 1.74. The SMILES string of the molecule is CC(C)CC(=O)NCC(C)(O)c1ccc(F)cc1F. The summed E-state index contributed by atoms with van der Waals surface area (Å²) in [6.45, 7) is 5.05. The Kier molecular flexibility index (Phi) is 5.00. The van der Waals surface area contributed by atoms with Crippen molar-refractivity contribution in [1.29, 1.82) is 0 Å². The number of carbonyl (C=O) groups excluding carboxylic acids is 1. The van der Waals surface area contributed by atoms with Gasteiger partial charge in [-0.25, -0.2) is 8.78 Å². The summed E-state index contributed by atoms with van der Waals surface area (Å²) in [4.78, 5) is 11.5. The topological polar surface area (TPSA) is 49.3 Å². The molecular formula is C14H19F2NO2. The Bertz CT molecular complexity index is 459. The Morgan fingerprint density at radius 3 is 2.58 bits per heavy atom. The maximum atomic E-state index is 13.6. The molecule has 0 saturated carbocycles. The summed E-state index contributed by atoms with van der Waals surface area (Å²) in [5.74, 6) is -1.55. The molecule has 0 fully saturated rings. The van der Waals surface area contributed by atoms with Gasteiger partial charge < -0.3 is 10.4 Å². The molecule has 0 bridgehead atoms. The van der Waals surface area contributed by atoms with E-state index in [4.69, 9.17) is 0 Å². The first kappa shape index (κ1) is 15.6. The van der Waals surface area contributed by atoms with Gasteiger partial charge in [-0.2, -0.15) is 0 Å². The number of amides is 1. The third-order valence-electron chi connectivity index (χ3n) is 2.73. The highest BCUT2D eigenvalue weighted by Crippen LogP contribution is 2.23. The van der Waals surface area contributed by atoms with E-state index in [1.807, 2.05) is 13.8 Å². The molecule has 0 aliphatic rings. The fourth-order valence-corrected chi connectivity index (χ4v) is 1.74. The molecule has 0 aliphatic carbocycles. The van der Waals surface area contributed by atoms with Crippen molar-refractivity contribution < 1.29 is 18.7 Å². The van der Waals surface area contributed by atoms with Gasteiger partial charge in [0, 0.05) is 18.1 Å². The molecule has 1 aromatic rings. The van der Waals surface area contributed by atoms with Crippen molar-refractivity contribution in [3.63, 3.8) is 0 Å². The molecule has 1 amide bonds. The van der Waals surface area contributed by atoms with Crippen LogP contribution in [0.4, 0.5) is 8.78 Å². The van der Waals surface area contributed by atoms with Crippen LogP contribution in [-0.2, 0) is 10.4 Å². The predicted molar refractivity (Wildman–Crippen MR) is 68.4 cm³/mol. The van der Waals surface area contributed by atoms with Gasteiger partial charge in [-0.3, -0.25) is 4.79 Å². The highest BCUT2D eigenvalue weighted by Gasteiger charge is 2.27. The van der Waals surface area contributed by atoms with E-state index in [2.05, 4.69) is 5.32 Å². The van der Waals surface area contributed by atoms with Gasteiger partial charge in [-0.15, -0.1) is 0 Å². The average molecular weight is 271 g/mol. The van der Waals surface area contributed by atoms with Crippen molar-refractivity contribution in [2.75, 3.05) is 6.54 Å². The quantitative estimate of drug-likeness (QED) is 0.863. The van der Waals surface area contributed by atoms with Crippen LogP contribution in [-0.4, -0.2) is 17.6 Å². The first-order chi connectivity index (χ1) is 8.72. The Hall–Kier alpha value is -1.49. The smallest absolute Gasteiger partial charge is 0.220 e. The van der Waals surface area contributed by atoms with Crippen molar-refractivity contribution in [1.82, 2.24) is 5.32 Å². The Labute approximate surface area is 111 Å². The fraction of sp³-hybridized carbons (Fsp3) is 0.500. The van der Waals surface area contributed by atoms with E-state index in [1.165, 1.54) is 13.0 Å². The van der Waals surface area contributed by atoms with Gasteiger partial charge in [0.2, 0.25) is 5.91 Å². The molecule has 5 heteroatoms. The first-order valence-corrected chi connectivity index (χ1v) is 6.17. The van der Waals surface area contributed by atoms with Gasteiger partial charge in [0.25, 0.3) is 0 Å². The molecule has 0 aromatic heterocycles. The minimum Gasteiger partial charge on any atom is -0.383 e. The Morgan fingerprint density at radius 1 is 1.42 bits per heavy atom. The first-order valence-electron chi connectivity index (χ1n) is 6.17. The molecule has 0 aliphatic heterocycles. The van der Waals surface area contributed by atoms with E-state index in [0.717, 1.165) is 6.07 Å². The van der Waals surface area contributed by atoms with Gasteiger partial charge in [0.15, 0.2) is 0 Å². The van der Waals surface area contributed by atoms with Gasteiger partial charge in [-0.05, 0) is 18.9 Å². The van der Waals surface area contributed by atoms with E-state index < -0.39 is 17.2 Å². The van der Waals surface area contributed by atoms with Crippen molar-refractivity contribution in [3.8, 4) is 0 Å². The summed E-state index contributed by atoms with van der Waals surface area (Å²) in [6, 6.07) is 2.96. The number of hydrogen-bond donors (Lipinski definition) is 2. The lowest BCUT2D eigenvalue weighted by Gasteiger charge is -2.25. The third kappa shape index (κ3) is 4.59. The summed E-state index contributed by atoms with van der Waals surface area (Å²) in [6.07, 6.45) is 0.335. The number of hydrogen-bond acceptors (Lipinski definition) is 2. The molecule has 1 atom stereocenters. The Morgan fingerprint density at radius 2 is 2.05 bits per heavy atom. The van der Waals surface area contributed by atoms with Gasteiger partial charge in [-0.1, -0.05) is 19.9 Å². The number of aliphatic hydroxyl groups is 1. The second-order valence-electron chi connectivity index (χ2n) is 5.27. The zero-order valence-corrected chi connectivity index (χ0v) is 11.3. The molecule has 1 aromatic carbocycles. The molecule has 3 nitrogen and oxygen atoms in total. The van der Waals surface area contributed by atoms with Crippen molar-refractivity contribution >= 4 is 5.91 Å². The molecule has 2 N–H and O–H groups in total. The van der Waals surface area contributed by atoms with Gasteiger partial charge in [0.1, 0.15) is 17.2 Å². The largest absolute Gasteiger partial charge is 0.383 e. The van der Waals surface area contributed by atoms with Crippen LogP contribution in [0.1, 0.15) is 32.8 Å². The summed E-state index contributed by atoms with van der Waals surface area (Å²) < 4.78 is 26.4. The zero-order chi connectivity index (χ0) is 14.6. The summed E-state index contributed by atoms with van der Waals surface area (Å²) >= 11 is 0. The maximum absolute atomic E-state index is 13.6. The monoisotopic (exact) mass is 271 g/mol. The van der Waals surface area contributed by atoms with E-state index in [0.29, 0.717) is 12.5 Å². The second kappa shape index (κ2) is 6.10. The lowest BCUT2D eigenvalue weighted by atomic mass is 9.95. The van der Waals surface area contributed by atoms with Crippen LogP contribution in [0.25, 0.3) is 0 Å². The molecule has 19 heavy (non-hydrogen) atoms. The summed E-state index contributed by atoms with van der Waals surface area (Å²) in [5, 5.41) is 12.7. The number of carbonyl (C=O) groups is 1. The minimum atomic E-state index is -1.58. The molecule has 0 heterocycles. The second-order valence-corrected chi connectivity index (χ2v) is 5.27. The molecule has 0 spiro atoms. The van der Waals surface area contributed by atoms with Gasteiger partial charge in [0.05, 0.1) is 6.54 Å². The minimum absolute atomic E-state index is 0.0428. The molecule has 1 unspecified atom stereocenters. The number of halogens is 2. The molecule has 0 radical (unpaired) electrons. The zero-order valence-electron chi connectivity index (χ0n) is 11.3. The Balaban J connectivity index is 2.72. The van der Waals surface area contributed by atoms with E-state index in [-0.39, 0.29) is 23.9 Å². The summed E-state index contributed by atoms with van der Waals surface area (Å²) in [7, 11) is 0. The molecule has 1 rings (SSSR count). The van der Waals surface area contributed by atoms with Crippen molar-refractivity contribution in [3.05, 3.63) is 35.4 Å². The van der Waals surface area contributed by atoms with E-state index in [9.17, 15) is 18.7 Å². The lowest BCUT2D eigenvalue weighted by molar-refractivity contribution is -0.123. The van der Waals surface area contributed by atoms with Crippen LogP contribution in [0.2, 0.25) is 0 Å². The van der Waals surface area contributed by atoms with Crippen LogP contribution < -0.4 is 5.32 Å². The average Bonchev–Trinajstić information content (AvgIpc) is 2.25. The van der Waals surface area contributed by atoms with Crippen molar-refractivity contribution in [2.45, 2.75) is 32.8 Å². The number of nitrogens with one attached hydrogen (secondary N) is 1. The van der Waals surface area contributed by atoms with Crippen LogP contribution in [0, 0.1) is 17.6 Å². The van der Waals surface area contributed by atoms with Crippen molar-refractivity contribution in [2.24, 2.45) is 5.92 Å². The summed E-state index contributed by atoms with van der Waals surface area (Å²) in [5.41, 5.74) is -1.62. The number of rotatable bonds is 5. The predicted octanol–water partition coefficient (Wildman–Crippen LogP) is 2.33.